The highest BCUT2D eigenvalue weighted by Crippen LogP contribution is 2.36. The Morgan fingerprint density at radius 3 is 2.40 bits per heavy atom. The lowest BCUT2D eigenvalue weighted by Crippen LogP contribution is -2.60. The summed E-state index contributed by atoms with van der Waals surface area (Å²) < 4.78 is 26.1. The fourth-order valence-electron chi connectivity index (χ4n) is 4.13. The molecule has 1 aromatic rings. The summed E-state index contributed by atoms with van der Waals surface area (Å²) in [6.07, 6.45) is -8.94. The van der Waals surface area contributed by atoms with Crippen LogP contribution in [-0.2, 0) is 44.5 Å². The van der Waals surface area contributed by atoms with Gasteiger partial charge in [-0.3, -0.25) is 4.79 Å². The minimum atomic E-state index is -1.85. The van der Waals surface area contributed by atoms with Gasteiger partial charge in [-0.15, -0.1) is 0 Å². The molecule has 1 saturated heterocycles. The number of hydrogen-bond acceptors (Lipinski definition) is 14. The SMILES string of the molecule is COC(=O)C1=CO[C@@H](O[C@@H]2O[C@H](CO)[C@@H](O)[C@H](O)[C@H]2O)C(=CC(=O)O)[C@@H]1CC(=O)OCCc1ccc(O)c(O)c1. The summed E-state index contributed by atoms with van der Waals surface area (Å²) in [6.45, 7) is -0.912. The molecule has 40 heavy (non-hydrogen) atoms. The van der Waals surface area contributed by atoms with Crippen LogP contribution in [-0.4, -0.2) is 111 Å². The number of esters is 2. The molecule has 0 unspecified atom stereocenters. The predicted molar refractivity (Wildman–Crippen MR) is 128 cm³/mol. The van der Waals surface area contributed by atoms with E-state index >= 15 is 0 Å². The molecule has 220 valence electrons. The van der Waals surface area contributed by atoms with Crippen molar-refractivity contribution in [1.82, 2.24) is 0 Å². The summed E-state index contributed by atoms with van der Waals surface area (Å²) in [5.41, 5.74) is 0.0283. The maximum Gasteiger partial charge on any atom is 0.337 e. The summed E-state index contributed by atoms with van der Waals surface area (Å²) in [5.74, 6) is -5.27. The number of aliphatic hydroxyl groups excluding tert-OH is 4. The molecule has 15 heteroatoms. The first-order valence-electron chi connectivity index (χ1n) is 12.0. The predicted octanol–water partition coefficient (Wildman–Crippen LogP) is -1.57. The van der Waals surface area contributed by atoms with Crippen molar-refractivity contribution in [2.75, 3.05) is 20.3 Å². The van der Waals surface area contributed by atoms with Gasteiger partial charge in [0.2, 0.25) is 6.29 Å². The largest absolute Gasteiger partial charge is 0.504 e. The molecule has 7 atom stereocenters. The second-order valence-electron chi connectivity index (χ2n) is 8.90. The molecule has 0 radical (unpaired) electrons. The van der Waals surface area contributed by atoms with Crippen LogP contribution in [0.4, 0.5) is 0 Å². The van der Waals surface area contributed by atoms with Crippen molar-refractivity contribution in [3.8, 4) is 11.5 Å². The molecule has 2 aliphatic heterocycles. The second-order valence-corrected chi connectivity index (χ2v) is 8.90. The molecule has 0 saturated carbocycles. The van der Waals surface area contributed by atoms with Crippen LogP contribution < -0.4 is 0 Å². The Balaban J connectivity index is 1.80. The van der Waals surface area contributed by atoms with E-state index in [0.717, 1.165) is 13.4 Å². The van der Waals surface area contributed by atoms with Gasteiger partial charge in [0.1, 0.15) is 24.4 Å². The van der Waals surface area contributed by atoms with E-state index in [9.17, 15) is 50.1 Å². The van der Waals surface area contributed by atoms with Gasteiger partial charge >= 0.3 is 17.9 Å². The summed E-state index contributed by atoms with van der Waals surface area (Å²) in [6, 6.07) is 4.06. The number of aliphatic hydroxyl groups is 4. The number of carbonyl (C=O) groups is 3. The number of methoxy groups -OCH3 is 1. The van der Waals surface area contributed by atoms with E-state index in [4.69, 9.17) is 23.7 Å². The van der Waals surface area contributed by atoms with Crippen molar-refractivity contribution in [3.63, 3.8) is 0 Å². The molecule has 0 spiro atoms. The average molecular weight is 571 g/mol. The first-order chi connectivity index (χ1) is 19.0. The van der Waals surface area contributed by atoms with Gasteiger partial charge in [0.05, 0.1) is 38.6 Å². The third kappa shape index (κ3) is 7.26. The molecule has 0 bridgehead atoms. The van der Waals surface area contributed by atoms with Crippen molar-refractivity contribution >= 4 is 17.9 Å². The first kappa shape index (κ1) is 30.8. The number of hydrogen-bond donors (Lipinski definition) is 7. The molecule has 15 nitrogen and oxygen atoms in total. The van der Waals surface area contributed by atoms with Gasteiger partial charge in [-0.05, 0) is 17.7 Å². The van der Waals surface area contributed by atoms with Crippen LogP contribution in [0.5, 0.6) is 11.5 Å². The Hall–Kier alpha value is -3.73. The number of phenolic OH excluding ortho intramolecular Hbond substituents is 2. The molecule has 7 N–H and O–H groups in total. The Labute approximate surface area is 227 Å². The van der Waals surface area contributed by atoms with Gasteiger partial charge in [0, 0.05) is 24.0 Å². The van der Waals surface area contributed by atoms with Gasteiger partial charge < -0.3 is 59.4 Å². The van der Waals surface area contributed by atoms with E-state index in [1.807, 2.05) is 0 Å². The molecule has 3 rings (SSSR count). The zero-order valence-electron chi connectivity index (χ0n) is 21.2. The molecule has 0 amide bonds. The highest BCUT2D eigenvalue weighted by Gasteiger charge is 2.47. The minimum absolute atomic E-state index is 0.160. The molecule has 0 aromatic heterocycles. The zero-order valence-corrected chi connectivity index (χ0v) is 21.2. The number of carboxylic acid groups (broad SMARTS) is 1. The van der Waals surface area contributed by atoms with Crippen LogP contribution in [0.3, 0.4) is 0 Å². The highest BCUT2D eigenvalue weighted by atomic mass is 16.8. The fraction of sp³-hybridized carbons (Fsp3) is 0.480. The third-order valence-electron chi connectivity index (χ3n) is 6.25. The van der Waals surface area contributed by atoms with Crippen molar-refractivity contribution in [3.05, 3.63) is 47.2 Å². The number of carbonyl (C=O) groups excluding carboxylic acids is 2. The maximum absolute atomic E-state index is 12.7. The van der Waals surface area contributed by atoms with Crippen molar-refractivity contribution < 1.29 is 73.8 Å². The molecule has 1 aromatic carbocycles. The smallest absolute Gasteiger partial charge is 0.337 e. The maximum atomic E-state index is 12.7. The molecular weight excluding hydrogens is 540 g/mol. The summed E-state index contributed by atoms with van der Waals surface area (Å²) in [4.78, 5) is 36.8. The minimum Gasteiger partial charge on any atom is -0.504 e. The van der Waals surface area contributed by atoms with Gasteiger partial charge in [-0.1, -0.05) is 6.07 Å². The standard InChI is InChI=1S/C25H30O15/c1-36-23(35)14-10-38-24(40-25-22(34)21(33)20(32)17(9-26)39-25)13(7-18(29)30)12(14)8-19(31)37-5-4-11-2-3-15(27)16(28)6-11/h2-3,6-7,10,12,17,20-22,24-28,32-34H,4-5,8-9H2,1H3,(H,29,30)/t12-,17+,20+,21-,22+,24-,25-/m0/s1. The Bertz CT molecular complexity index is 1140. The topological polar surface area (TPSA) is 239 Å². The van der Waals surface area contributed by atoms with Crippen LogP contribution in [0.15, 0.2) is 41.7 Å². The normalized spacial score (nSPS) is 29.3. The lowest BCUT2D eigenvalue weighted by atomic mass is 9.86. The number of benzene rings is 1. The van der Waals surface area contributed by atoms with Gasteiger partial charge in [0.25, 0.3) is 0 Å². The van der Waals surface area contributed by atoms with E-state index in [0.29, 0.717) is 11.6 Å². The quantitative estimate of drug-likeness (QED) is 0.0955. The lowest BCUT2D eigenvalue weighted by Gasteiger charge is -2.41. The van der Waals surface area contributed by atoms with Crippen LogP contribution in [0.25, 0.3) is 0 Å². The number of phenols is 2. The molecule has 0 aliphatic carbocycles. The van der Waals surface area contributed by atoms with E-state index in [-0.39, 0.29) is 35.7 Å². The number of ether oxygens (including phenoxy) is 5. The zero-order chi connectivity index (χ0) is 29.6. The van der Waals surface area contributed by atoms with Crippen molar-refractivity contribution in [2.45, 2.75) is 49.8 Å². The van der Waals surface area contributed by atoms with Crippen LogP contribution in [0.1, 0.15) is 12.0 Å². The Kier molecular flexibility index (Phi) is 10.4. The lowest BCUT2D eigenvalue weighted by molar-refractivity contribution is -0.327. The van der Waals surface area contributed by atoms with Crippen molar-refractivity contribution in [2.24, 2.45) is 5.92 Å². The van der Waals surface area contributed by atoms with E-state index in [1.54, 1.807) is 0 Å². The molecule has 1 fully saturated rings. The fourth-order valence-corrected chi connectivity index (χ4v) is 4.13. The Morgan fingerprint density at radius 2 is 1.77 bits per heavy atom. The number of aromatic hydroxyl groups is 2. The third-order valence-corrected chi connectivity index (χ3v) is 6.25. The van der Waals surface area contributed by atoms with Gasteiger partial charge in [0.15, 0.2) is 17.8 Å². The average Bonchev–Trinajstić information content (AvgIpc) is 2.92. The number of rotatable bonds is 10. The monoisotopic (exact) mass is 570 g/mol. The molecule has 2 heterocycles. The van der Waals surface area contributed by atoms with Crippen molar-refractivity contribution in [1.29, 1.82) is 0 Å². The van der Waals surface area contributed by atoms with E-state index < -0.39 is 73.8 Å². The highest BCUT2D eigenvalue weighted by molar-refractivity contribution is 5.91. The molecule has 2 aliphatic rings. The van der Waals surface area contributed by atoms with E-state index in [2.05, 4.69) is 0 Å². The Morgan fingerprint density at radius 1 is 1.05 bits per heavy atom. The van der Waals surface area contributed by atoms with Crippen LogP contribution >= 0.6 is 0 Å². The summed E-state index contributed by atoms with van der Waals surface area (Å²) >= 11 is 0. The number of carboxylic acids is 1. The molecular formula is C25H30O15. The van der Waals surface area contributed by atoms with Gasteiger partial charge in [-0.2, -0.15) is 0 Å². The number of aliphatic carboxylic acids is 1. The van der Waals surface area contributed by atoms with Gasteiger partial charge in [-0.25, -0.2) is 9.59 Å². The van der Waals surface area contributed by atoms with Crippen LogP contribution in [0.2, 0.25) is 0 Å². The summed E-state index contributed by atoms with van der Waals surface area (Å²) in [7, 11) is 1.06. The summed E-state index contributed by atoms with van der Waals surface area (Å²) in [5, 5.41) is 68.2. The second kappa shape index (κ2) is 13.6. The van der Waals surface area contributed by atoms with Crippen LogP contribution in [0, 0.1) is 5.92 Å². The first-order valence-corrected chi connectivity index (χ1v) is 12.0. The van der Waals surface area contributed by atoms with E-state index in [1.165, 1.54) is 18.2 Å².